The third kappa shape index (κ3) is 15.4. The van der Waals surface area contributed by atoms with Crippen LogP contribution in [0.5, 0.6) is 0 Å². The van der Waals surface area contributed by atoms with Crippen LogP contribution in [-0.2, 0) is 14.2 Å². The van der Waals surface area contributed by atoms with Crippen molar-refractivity contribution in [3.63, 3.8) is 0 Å². The molecule has 0 heterocycles. The molecule has 0 N–H and O–H groups in total. The van der Waals surface area contributed by atoms with Crippen LogP contribution in [0.2, 0.25) is 0 Å². The third-order valence-corrected chi connectivity index (χ3v) is 1.85. The Kier molecular flexibility index (Phi) is 11.4. The molecule has 0 aliphatic rings. The fraction of sp³-hybridized carbons (Fsp3) is 0.714. The number of hydrogen-bond acceptors (Lipinski definition) is 3. The largest absolute Gasteiger partial charge is 0.381 e. The van der Waals surface area contributed by atoms with E-state index in [9.17, 15) is 0 Å². The van der Waals surface area contributed by atoms with Crippen LogP contribution >= 0.6 is 0 Å². The Morgan fingerprint density at radius 1 is 0.706 bits per heavy atom. The Bertz CT molecular complexity index is 190. The fourth-order valence-electron chi connectivity index (χ4n) is 1.12. The van der Waals surface area contributed by atoms with Gasteiger partial charge in [-0.1, -0.05) is 24.3 Å². The van der Waals surface area contributed by atoms with E-state index in [-0.39, 0.29) is 0 Å². The summed E-state index contributed by atoms with van der Waals surface area (Å²) >= 11 is 0. The van der Waals surface area contributed by atoms with Gasteiger partial charge in [0.25, 0.3) is 0 Å². The van der Waals surface area contributed by atoms with E-state index in [4.69, 9.17) is 14.2 Å². The zero-order valence-electron chi connectivity index (χ0n) is 11.3. The first-order valence-electron chi connectivity index (χ1n) is 6.15. The van der Waals surface area contributed by atoms with Crippen LogP contribution in [0, 0.1) is 0 Å². The lowest BCUT2D eigenvalue weighted by Gasteiger charge is -2.06. The molecular formula is C14H26O3. The summed E-state index contributed by atoms with van der Waals surface area (Å²) in [5.41, 5.74) is 2.11. The van der Waals surface area contributed by atoms with Crippen LogP contribution < -0.4 is 0 Å². The summed E-state index contributed by atoms with van der Waals surface area (Å²) in [6.45, 7) is 15.7. The SMILES string of the molecule is C=C(C)COCCCOCCCOCC(=C)C. The molecule has 17 heavy (non-hydrogen) atoms. The van der Waals surface area contributed by atoms with Gasteiger partial charge >= 0.3 is 0 Å². The zero-order valence-corrected chi connectivity index (χ0v) is 11.3. The average molecular weight is 242 g/mol. The zero-order chi connectivity index (χ0) is 12.9. The first kappa shape index (κ1) is 16.4. The van der Waals surface area contributed by atoms with Gasteiger partial charge < -0.3 is 14.2 Å². The predicted molar refractivity (Wildman–Crippen MR) is 71.3 cm³/mol. The highest BCUT2D eigenvalue weighted by Gasteiger charge is 1.92. The number of ether oxygens (including phenoxy) is 3. The van der Waals surface area contributed by atoms with Crippen LogP contribution in [0.15, 0.2) is 24.3 Å². The molecule has 0 aromatic heterocycles. The van der Waals surface area contributed by atoms with E-state index >= 15 is 0 Å². The summed E-state index contributed by atoms with van der Waals surface area (Å²) < 4.78 is 16.1. The second kappa shape index (κ2) is 11.8. The van der Waals surface area contributed by atoms with Gasteiger partial charge in [-0.2, -0.15) is 0 Å². The van der Waals surface area contributed by atoms with Crippen molar-refractivity contribution < 1.29 is 14.2 Å². The second-order valence-corrected chi connectivity index (χ2v) is 4.34. The van der Waals surface area contributed by atoms with Crippen LogP contribution in [0.1, 0.15) is 26.7 Å². The topological polar surface area (TPSA) is 27.7 Å². The molecule has 0 saturated heterocycles. The summed E-state index contributed by atoms with van der Waals surface area (Å²) in [4.78, 5) is 0. The molecule has 0 rings (SSSR count). The smallest absolute Gasteiger partial charge is 0.0671 e. The molecule has 0 unspecified atom stereocenters. The van der Waals surface area contributed by atoms with Gasteiger partial charge in [0.15, 0.2) is 0 Å². The second-order valence-electron chi connectivity index (χ2n) is 4.34. The Morgan fingerprint density at radius 3 is 1.41 bits per heavy atom. The number of rotatable bonds is 12. The van der Waals surface area contributed by atoms with Gasteiger partial charge in [-0.25, -0.2) is 0 Å². The van der Waals surface area contributed by atoms with Crippen molar-refractivity contribution in [3.8, 4) is 0 Å². The van der Waals surface area contributed by atoms with Crippen molar-refractivity contribution in [1.29, 1.82) is 0 Å². The number of hydrogen-bond donors (Lipinski definition) is 0. The van der Waals surface area contributed by atoms with Crippen LogP contribution in [-0.4, -0.2) is 39.6 Å². The van der Waals surface area contributed by atoms with Crippen molar-refractivity contribution in [2.75, 3.05) is 39.6 Å². The third-order valence-electron chi connectivity index (χ3n) is 1.85. The minimum absolute atomic E-state index is 0.648. The molecule has 0 aromatic carbocycles. The van der Waals surface area contributed by atoms with Gasteiger partial charge in [0.05, 0.1) is 13.2 Å². The Labute approximate surface area is 105 Å². The van der Waals surface area contributed by atoms with Crippen LogP contribution in [0.3, 0.4) is 0 Å². The summed E-state index contributed by atoms with van der Waals surface area (Å²) in [6.07, 6.45) is 1.86. The monoisotopic (exact) mass is 242 g/mol. The highest BCUT2D eigenvalue weighted by atomic mass is 16.5. The maximum Gasteiger partial charge on any atom is 0.0671 e. The molecule has 0 aromatic rings. The summed E-state index contributed by atoms with van der Waals surface area (Å²) in [7, 11) is 0. The minimum Gasteiger partial charge on any atom is -0.381 e. The fourth-order valence-corrected chi connectivity index (χ4v) is 1.12. The first-order chi connectivity index (χ1) is 8.13. The summed E-state index contributed by atoms with van der Waals surface area (Å²) in [5, 5.41) is 0. The van der Waals surface area contributed by atoms with Crippen molar-refractivity contribution in [3.05, 3.63) is 24.3 Å². The van der Waals surface area contributed by atoms with Gasteiger partial charge in [0.1, 0.15) is 0 Å². The molecule has 0 fully saturated rings. The van der Waals surface area contributed by atoms with E-state index in [1.54, 1.807) is 0 Å². The summed E-state index contributed by atoms with van der Waals surface area (Å²) in [6, 6.07) is 0. The molecular weight excluding hydrogens is 216 g/mol. The Morgan fingerprint density at radius 2 is 1.06 bits per heavy atom. The molecule has 0 aliphatic carbocycles. The molecule has 0 atom stereocenters. The van der Waals surface area contributed by atoms with Crippen molar-refractivity contribution in [2.45, 2.75) is 26.7 Å². The lowest BCUT2D eigenvalue weighted by Crippen LogP contribution is -2.05. The maximum atomic E-state index is 5.44. The minimum atomic E-state index is 0.648. The maximum absolute atomic E-state index is 5.44. The molecule has 0 spiro atoms. The van der Waals surface area contributed by atoms with Gasteiger partial charge in [0, 0.05) is 26.4 Å². The molecule has 3 nitrogen and oxygen atoms in total. The first-order valence-corrected chi connectivity index (χ1v) is 6.15. The lowest BCUT2D eigenvalue weighted by molar-refractivity contribution is 0.0716. The Balaban J connectivity index is 2.98. The van der Waals surface area contributed by atoms with E-state index in [2.05, 4.69) is 13.2 Å². The predicted octanol–water partition coefficient (Wildman–Crippen LogP) is 2.97. The molecule has 100 valence electrons. The van der Waals surface area contributed by atoms with Crippen LogP contribution in [0.4, 0.5) is 0 Å². The van der Waals surface area contributed by atoms with Crippen molar-refractivity contribution in [1.82, 2.24) is 0 Å². The highest BCUT2D eigenvalue weighted by Crippen LogP contribution is 1.93. The average Bonchev–Trinajstić information content (AvgIpc) is 2.25. The lowest BCUT2D eigenvalue weighted by atomic mass is 10.4. The molecule has 0 aliphatic heterocycles. The van der Waals surface area contributed by atoms with Crippen molar-refractivity contribution in [2.24, 2.45) is 0 Å². The standard InChI is InChI=1S/C14H26O3/c1-13(2)11-16-9-5-7-15-8-6-10-17-12-14(3)4/h1,3,5-12H2,2,4H3. The molecule has 0 radical (unpaired) electrons. The van der Waals surface area contributed by atoms with E-state index < -0.39 is 0 Å². The summed E-state index contributed by atoms with van der Waals surface area (Å²) in [5.74, 6) is 0. The van der Waals surface area contributed by atoms with Gasteiger partial charge in [0.2, 0.25) is 0 Å². The highest BCUT2D eigenvalue weighted by molar-refractivity contribution is 4.87. The Hall–Kier alpha value is -0.640. The van der Waals surface area contributed by atoms with Crippen molar-refractivity contribution >= 4 is 0 Å². The quantitative estimate of drug-likeness (QED) is 0.389. The van der Waals surface area contributed by atoms with E-state index in [0.717, 1.165) is 50.4 Å². The van der Waals surface area contributed by atoms with Gasteiger partial charge in [-0.05, 0) is 26.7 Å². The molecule has 0 saturated carbocycles. The van der Waals surface area contributed by atoms with E-state index in [1.807, 2.05) is 13.8 Å². The van der Waals surface area contributed by atoms with Crippen LogP contribution in [0.25, 0.3) is 0 Å². The van der Waals surface area contributed by atoms with Gasteiger partial charge in [-0.15, -0.1) is 0 Å². The van der Waals surface area contributed by atoms with E-state index in [0.29, 0.717) is 13.2 Å². The van der Waals surface area contributed by atoms with E-state index in [1.165, 1.54) is 0 Å². The molecule has 0 amide bonds. The normalized spacial score (nSPS) is 10.5. The van der Waals surface area contributed by atoms with Gasteiger partial charge in [-0.3, -0.25) is 0 Å². The molecule has 3 heteroatoms. The molecule has 0 bridgehead atoms.